The maximum absolute atomic E-state index is 11.4. The van der Waals surface area contributed by atoms with E-state index in [4.69, 9.17) is 9.47 Å². The van der Waals surface area contributed by atoms with E-state index < -0.39 is 6.10 Å². The smallest absolute Gasteiger partial charge is 0.333 e. The Kier molecular flexibility index (Phi) is 11.0. The number of carbonyl (C=O) groups is 1. The highest BCUT2D eigenvalue weighted by molar-refractivity contribution is 7.22. The lowest BCUT2D eigenvalue weighted by Gasteiger charge is -2.12. The van der Waals surface area contributed by atoms with Crippen LogP contribution in [0, 0.1) is 0 Å². The van der Waals surface area contributed by atoms with Crippen molar-refractivity contribution in [3.8, 4) is 16.2 Å². The quantitative estimate of drug-likeness (QED) is 0.129. The lowest BCUT2D eigenvalue weighted by molar-refractivity contribution is -0.139. The molecule has 36 heavy (non-hydrogen) atoms. The minimum absolute atomic E-state index is 0.245. The first-order valence-electron chi connectivity index (χ1n) is 13.2. The fourth-order valence-corrected chi connectivity index (χ4v) is 5.35. The van der Waals surface area contributed by atoms with Crippen molar-refractivity contribution in [2.45, 2.75) is 78.2 Å². The molecule has 0 aliphatic heterocycles. The second kappa shape index (κ2) is 14.2. The minimum atomic E-state index is -0.556. The van der Waals surface area contributed by atoms with Crippen LogP contribution in [-0.4, -0.2) is 30.4 Å². The van der Waals surface area contributed by atoms with Gasteiger partial charge in [-0.1, -0.05) is 51.5 Å². The number of fused-ring (bicyclic) bond motifs is 1. The zero-order valence-corrected chi connectivity index (χ0v) is 22.8. The van der Waals surface area contributed by atoms with Crippen LogP contribution in [0.5, 0.6) is 5.75 Å². The van der Waals surface area contributed by atoms with Crippen molar-refractivity contribution in [2.75, 3.05) is 13.2 Å². The van der Waals surface area contributed by atoms with Gasteiger partial charge in [0.05, 0.1) is 12.7 Å². The largest absolute Gasteiger partial charge is 0.491 e. The topological polar surface area (TPSA) is 55.8 Å². The van der Waals surface area contributed by atoms with Crippen LogP contribution >= 0.6 is 11.3 Å². The van der Waals surface area contributed by atoms with Crippen molar-refractivity contribution in [3.63, 3.8) is 0 Å². The van der Waals surface area contributed by atoms with E-state index in [-0.39, 0.29) is 12.6 Å². The van der Waals surface area contributed by atoms with E-state index >= 15 is 0 Å². The van der Waals surface area contributed by atoms with Gasteiger partial charge in [0.15, 0.2) is 0 Å². The molecule has 0 bridgehead atoms. The van der Waals surface area contributed by atoms with Crippen molar-refractivity contribution in [2.24, 2.45) is 0 Å². The number of unbranched alkanes of at least 4 members (excludes halogenated alkanes) is 3. The van der Waals surface area contributed by atoms with Gasteiger partial charge in [-0.15, -0.1) is 11.3 Å². The normalized spacial score (nSPS) is 12.0. The first kappa shape index (κ1) is 27.9. The molecule has 1 unspecified atom stereocenters. The van der Waals surface area contributed by atoms with Gasteiger partial charge < -0.3 is 14.6 Å². The molecule has 1 heterocycles. The number of thiophene rings is 1. The fourth-order valence-electron chi connectivity index (χ4n) is 4.19. The molecule has 1 atom stereocenters. The molecule has 2 aromatic carbocycles. The van der Waals surface area contributed by atoms with Crippen LogP contribution in [0.15, 0.2) is 54.6 Å². The molecule has 0 aliphatic carbocycles. The first-order chi connectivity index (χ1) is 17.4. The molecule has 194 valence electrons. The van der Waals surface area contributed by atoms with Gasteiger partial charge in [0.1, 0.15) is 12.4 Å². The summed E-state index contributed by atoms with van der Waals surface area (Å²) in [5.41, 5.74) is 4.57. The van der Waals surface area contributed by atoms with E-state index in [1.807, 2.05) is 6.07 Å². The number of benzene rings is 2. The Morgan fingerprint density at radius 1 is 1.06 bits per heavy atom. The van der Waals surface area contributed by atoms with Crippen LogP contribution in [0.3, 0.4) is 0 Å². The monoisotopic (exact) mass is 508 g/mol. The number of rotatable bonds is 15. The average molecular weight is 509 g/mol. The van der Waals surface area contributed by atoms with E-state index in [9.17, 15) is 9.90 Å². The van der Waals surface area contributed by atoms with E-state index in [0.717, 1.165) is 25.0 Å². The van der Waals surface area contributed by atoms with Crippen LogP contribution < -0.4 is 4.74 Å². The third-order valence-electron chi connectivity index (χ3n) is 6.33. The number of aliphatic hydroxyl groups excluding tert-OH is 1. The number of ether oxygens (including phenoxy) is 2. The molecule has 5 heteroatoms. The average Bonchev–Trinajstić information content (AvgIpc) is 3.30. The predicted molar refractivity (Wildman–Crippen MR) is 151 cm³/mol. The highest BCUT2D eigenvalue weighted by Crippen LogP contribution is 2.37. The van der Waals surface area contributed by atoms with E-state index in [0.29, 0.717) is 25.0 Å². The molecule has 0 aliphatic rings. The van der Waals surface area contributed by atoms with E-state index in [2.05, 4.69) is 56.8 Å². The van der Waals surface area contributed by atoms with Gasteiger partial charge in [-0.05, 0) is 91.8 Å². The van der Waals surface area contributed by atoms with E-state index in [1.165, 1.54) is 50.9 Å². The van der Waals surface area contributed by atoms with Gasteiger partial charge in [-0.25, -0.2) is 4.79 Å². The summed E-state index contributed by atoms with van der Waals surface area (Å²) in [6, 6.07) is 15.4. The third kappa shape index (κ3) is 8.21. The summed E-state index contributed by atoms with van der Waals surface area (Å²) >= 11 is 1.79. The van der Waals surface area contributed by atoms with Gasteiger partial charge in [0, 0.05) is 15.2 Å². The Labute approximate surface area is 220 Å². The molecule has 0 radical (unpaired) electrons. The minimum Gasteiger partial charge on any atom is -0.491 e. The fraction of sp³-hybridized carbons (Fsp3) is 0.452. The van der Waals surface area contributed by atoms with Gasteiger partial charge in [-0.2, -0.15) is 0 Å². The summed E-state index contributed by atoms with van der Waals surface area (Å²) in [5, 5.41) is 11.5. The SMILES string of the molecule is C=C(C)C(=O)OCCCCC(O)COc1ccc2cc(-c3ccc(CCCCC)cc3CC)sc2c1. The molecular formula is C31H40O4S. The maximum atomic E-state index is 11.4. The number of aliphatic hydroxyl groups is 1. The van der Waals surface area contributed by atoms with Crippen molar-refractivity contribution in [1.82, 2.24) is 0 Å². The van der Waals surface area contributed by atoms with Crippen molar-refractivity contribution in [1.29, 1.82) is 0 Å². The van der Waals surface area contributed by atoms with E-state index in [1.54, 1.807) is 18.3 Å². The first-order valence-corrected chi connectivity index (χ1v) is 14.0. The Balaban J connectivity index is 1.55. The zero-order chi connectivity index (χ0) is 25.9. The summed E-state index contributed by atoms with van der Waals surface area (Å²) in [6.07, 6.45) is 7.48. The molecule has 3 aromatic rings. The predicted octanol–water partition coefficient (Wildman–Crippen LogP) is 7.89. The summed E-state index contributed by atoms with van der Waals surface area (Å²) in [7, 11) is 0. The Hall–Kier alpha value is -2.63. The van der Waals surface area contributed by atoms with Crippen LogP contribution in [0.2, 0.25) is 0 Å². The highest BCUT2D eigenvalue weighted by atomic mass is 32.1. The molecule has 0 saturated carbocycles. The van der Waals surface area contributed by atoms with Crippen molar-refractivity contribution < 1.29 is 19.4 Å². The molecule has 1 N–H and O–H groups in total. The van der Waals surface area contributed by atoms with Crippen LogP contribution in [0.4, 0.5) is 0 Å². The van der Waals surface area contributed by atoms with Crippen LogP contribution in [-0.2, 0) is 22.4 Å². The van der Waals surface area contributed by atoms with Crippen molar-refractivity contribution in [3.05, 3.63) is 65.7 Å². The maximum Gasteiger partial charge on any atom is 0.333 e. The number of hydrogen-bond acceptors (Lipinski definition) is 5. The van der Waals surface area contributed by atoms with Crippen molar-refractivity contribution >= 4 is 27.4 Å². The second-order valence-electron chi connectivity index (χ2n) is 9.49. The molecule has 0 fully saturated rings. The lowest BCUT2D eigenvalue weighted by Crippen LogP contribution is -2.17. The summed E-state index contributed by atoms with van der Waals surface area (Å²) in [4.78, 5) is 12.7. The number of carbonyl (C=O) groups excluding carboxylic acids is 1. The van der Waals surface area contributed by atoms with Gasteiger partial charge in [-0.3, -0.25) is 0 Å². The molecule has 1 aromatic heterocycles. The van der Waals surface area contributed by atoms with Crippen LogP contribution in [0.25, 0.3) is 20.5 Å². The Morgan fingerprint density at radius 2 is 1.89 bits per heavy atom. The lowest BCUT2D eigenvalue weighted by atomic mass is 9.98. The molecule has 0 saturated heterocycles. The third-order valence-corrected chi connectivity index (χ3v) is 7.46. The van der Waals surface area contributed by atoms with Gasteiger partial charge in [0.2, 0.25) is 0 Å². The Morgan fingerprint density at radius 3 is 2.64 bits per heavy atom. The second-order valence-corrected chi connectivity index (χ2v) is 10.6. The van der Waals surface area contributed by atoms with Gasteiger partial charge >= 0.3 is 5.97 Å². The molecule has 0 spiro atoms. The highest BCUT2D eigenvalue weighted by Gasteiger charge is 2.11. The summed E-state index contributed by atoms with van der Waals surface area (Å²) in [6.45, 7) is 10.3. The summed E-state index contributed by atoms with van der Waals surface area (Å²) in [5.74, 6) is 0.406. The van der Waals surface area contributed by atoms with Gasteiger partial charge in [0.25, 0.3) is 0 Å². The standard InChI is InChI=1S/C31H40O4S/c1-5-7-8-11-23-13-16-28(24(6-2)18-23)30-19-25-14-15-27(20-29(25)36-30)35-21-26(32)12-9-10-17-34-31(33)22(3)4/h13-16,18-20,26,32H,3,5-12,17,21H2,1-2,4H3. The summed E-state index contributed by atoms with van der Waals surface area (Å²) < 4.78 is 12.1. The Bertz CT molecular complexity index is 1150. The number of hydrogen-bond donors (Lipinski definition) is 1. The zero-order valence-electron chi connectivity index (χ0n) is 22.0. The number of aryl methyl sites for hydroxylation is 2. The number of esters is 1. The molecule has 0 amide bonds. The molecule has 4 nitrogen and oxygen atoms in total. The van der Waals surface area contributed by atoms with Crippen LogP contribution in [0.1, 0.15) is 70.4 Å². The molecular weight excluding hydrogens is 468 g/mol. The molecule has 3 rings (SSSR count).